The SMILES string of the molecule is COc1ccc(C2SCCN2C(=O)c2cnc(C)cn2)cc1OC. The minimum atomic E-state index is -0.104. The van der Waals surface area contributed by atoms with Crippen molar-refractivity contribution in [3.8, 4) is 11.5 Å². The van der Waals surface area contributed by atoms with Crippen LogP contribution in [0, 0.1) is 6.92 Å². The quantitative estimate of drug-likeness (QED) is 0.849. The second kappa shape index (κ2) is 7.09. The van der Waals surface area contributed by atoms with E-state index in [1.54, 1.807) is 32.2 Å². The van der Waals surface area contributed by atoms with E-state index in [0.29, 0.717) is 23.7 Å². The van der Waals surface area contributed by atoms with Gasteiger partial charge in [-0.3, -0.25) is 9.78 Å². The molecule has 2 heterocycles. The summed E-state index contributed by atoms with van der Waals surface area (Å²) in [5, 5.41) is -0.0691. The Morgan fingerprint density at radius 3 is 2.67 bits per heavy atom. The zero-order valence-corrected chi connectivity index (χ0v) is 14.7. The van der Waals surface area contributed by atoms with Crippen LogP contribution in [0.25, 0.3) is 0 Å². The number of thioether (sulfide) groups is 1. The molecule has 1 unspecified atom stereocenters. The zero-order chi connectivity index (χ0) is 17.1. The number of hydrogen-bond acceptors (Lipinski definition) is 6. The van der Waals surface area contributed by atoms with Crippen molar-refractivity contribution in [2.45, 2.75) is 12.3 Å². The third kappa shape index (κ3) is 3.17. The van der Waals surface area contributed by atoms with E-state index in [1.807, 2.05) is 30.0 Å². The maximum Gasteiger partial charge on any atom is 0.275 e. The molecule has 0 aliphatic carbocycles. The number of amides is 1. The summed E-state index contributed by atoms with van der Waals surface area (Å²) in [5.41, 5.74) is 2.16. The van der Waals surface area contributed by atoms with E-state index in [0.717, 1.165) is 17.0 Å². The molecule has 6 nitrogen and oxygen atoms in total. The van der Waals surface area contributed by atoms with Gasteiger partial charge in [-0.15, -0.1) is 11.8 Å². The van der Waals surface area contributed by atoms with E-state index in [9.17, 15) is 4.79 Å². The summed E-state index contributed by atoms with van der Waals surface area (Å²) in [6.07, 6.45) is 3.15. The lowest BCUT2D eigenvalue weighted by Gasteiger charge is -2.24. The first-order valence-electron chi connectivity index (χ1n) is 7.57. The average molecular weight is 345 g/mol. The molecule has 1 aromatic heterocycles. The predicted octanol–water partition coefficient (Wildman–Crippen LogP) is 2.69. The molecule has 1 fully saturated rings. The summed E-state index contributed by atoms with van der Waals surface area (Å²) in [4.78, 5) is 23.0. The molecule has 126 valence electrons. The number of rotatable bonds is 4. The van der Waals surface area contributed by atoms with Gasteiger partial charge < -0.3 is 14.4 Å². The van der Waals surface area contributed by atoms with Crippen molar-refractivity contribution in [3.05, 3.63) is 47.5 Å². The van der Waals surface area contributed by atoms with E-state index in [2.05, 4.69) is 9.97 Å². The Hall–Kier alpha value is -2.28. The maximum atomic E-state index is 12.8. The van der Waals surface area contributed by atoms with Crippen LogP contribution in [0.5, 0.6) is 11.5 Å². The van der Waals surface area contributed by atoms with Crippen molar-refractivity contribution in [3.63, 3.8) is 0 Å². The summed E-state index contributed by atoms with van der Waals surface area (Å²) < 4.78 is 10.6. The van der Waals surface area contributed by atoms with Crippen LogP contribution in [-0.2, 0) is 0 Å². The number of carbonyl (C=O) groups excluding carboxylic acids is 1. The summed E-state index contributed by atoms with van der Waals surface area (Å²) in [7, 11) is 3.21. The third-order valence-corrected chi connectivity index (χ3v) is 5.11. The smallest absolute Gasteiger partial charge is 0.275 e. The number of methoxy groups -OCH3 is 2. The summed E-state index contributed by atoms with van der Waals surface area (Å²) in [6.45, 7) is 2.53. The van der Waals surface area contributed by atoms with Gasteiger partial charge in [0.15, 0.2) is 11.5 Å². The second-order valence-electron chi connectivity index (χ2n) is 5.38. The van der Waals surface area contributed by atoms with Gasteiger partial charge in [-0.2, -0.15) is 0 Å². The Balaban J connectivity index is 1.87. The van der Waals surface area contributed by atoms with Gasteiger partial charge >= 0.3 is 0 Å². The first-order chi connectivity index (χ1) is 11.6. The molecule has 1 saturated heterocycles. The molecule has 2 aromatic rings. The van der Waals surface area contributed by atoms with Crippen molar-refractivity contribution in [1.29, 1.82) is 0 Å². The van der Waals surface area contributed by atoms with Gasteiger partial charge in [-0.25, -0.2) is 4.98 Å². The zero-order valence-electron chi connectivity index (χ0n) is 13.9. The Bertz CT molecular complexity index is 736. The minimum absolute atomic E-state index is 0.0691. The van der Waals surface area contributed by atoms with E-state index < -0.39 is 0 Å². The molecule has 1 amide bonds. The first-order valence-corrected chi connectivity index (χ1v) is 8.62. The van der Waals surface area contributed by atoms with E-state index >= 15 is 0 Å². The van der Waals surface area contributed by atoms with Gasteiger partial charge in [0.25, 0.3) is 5.91 Å². The number of carbonyl (C=O) groups is 1. The number of nitrogens with zero attached hydrogens (tertiary/aromatic N) is 3. The molecule has 1 aliphatic heterocycles. The Morgan fingerprint density at radius 2 is 2.00 bits per heavy atom. The fourth-order valence-electron chi connectivity index (χ4n) is 2.61. The molecule has 24 heavy (non-hydrogen) atoms. The molecule has 7 heteroatoms. The van der Waals surface area contributed by atoms with Gasteiger partial charge in [0.2, 0.25) is 0 Å². The Labute approximate surface area is 145 Å². The van der Waals surface area contributed by atoms with E-state index in [4.69, 9.17) is 9.47 Å². The molecule has 0 N–H and O–H groups in total. The number of benzene rings is 1. The van der Waals surface area contributed by atoms with E-state index in [-0.39, 0.29) is 11.3 Å². The monoisotopic (exact) mass is 345 g/mol. The van der Waals surface area contributed by atoms with Gasteiger partial charge in [-0.05, 0) is 24.6 Å². The fraction of sp³-hybridized carbons (Fsp3) is 0.353. The second-order valence-corrected chi connectivity index (χ2v) is 6.57. The molecule has 1 aliphatic rings. The first kappa shape index (κ1) is 16.6. The van der Waals surface area contributed by atoms with Crippen molar-refractivity contribution in [1.82, 2.24) is 14.9 Å². The molecular weight excluding hydrogens is 326 g/mol. The highest BCUT2D eigenvalue weighted by molar-refractivity contribution is 7.99. The van der Waals surface area contributed by atoms with Crippen molar-refractivity contribution in [2.24, 2.45) is 0 Å². The summed E-state index contributed by atoms with van der Waals surface area (Å²) in [5.74, 6) is 2.10. The van der Waals surface area contributed by atoms with Crippen molar-refractivity contribution in [2.75, 3.05) is 26.5 Å². The average Bonchev–Trinajstić information content (AvgIpc) is 3.10. The van der Waals surface area contributed by atoms with Gasteiger partial charge in [0.05, 0.1) is 26.1 Å². The predicted molar refractivity (Wildman–Crippen MR) is 92.6 cm³/mol. The standard InChI is InChI=1S/C17H19N3O3S/c1-11-9-19-13(10-18-11)16(21)20-6-7-24-17(20)12-4-5-14(22-2)15(8-12)23-3/h4-5,8-10,17H,6-7H2,1-3H3. The highest BCUT2D eigenvalue weighted by Crippen LogP contribution is 2.41. The van der Waals surface area contributed by atoms with E-state index in [1.165, 1.54) is 6.20 Å². The highest BCUT2D eigenvalue weighted by Gasteiger charge is 2.32. The maximum absolute atomic E-state index is 12.8. The minimum Gasteiger partial charge on any atom is -0.493 e. The highest BCUT2D eigenvalue weighted by atomic mass is 32.2. The van der Waals surface area contributed by atoms with Gasteiger partial charge in [0, 0.05) is 18.5 Å². The lowest BCUT2D eigenvalue weighted by Crippen LogP contribution is -2.31. The largest absolute Gasteiger partial charge is 0.493 e. The van der Waals surface area contributed by atoms with Crippen LogP contribution in [0.3, 0.4) is 0 Å². The topological polar surface area (TPSA) is 64.5 Å². The number of aryl methyl sites for hydroxylation is 1. The van der Waals surface area contributed by atoms with Crippen LogP contribution >= 0.6 is 11.8 Å². The van der Waals surface area contributed by atoms with Crippen LogP contribution in [0.15, 0.2) is 30.6 Å². The molecule has 3 rings (SSSR count). The lowest BCUT2D eigenvalue weighted by atomic mass is 10.1. The lowest BCUT2D eigenvalue weighted by molar-refractivity contribution is 0.0753. The molecular formula is C17H19N3O3S. The van der Waals surface area contributed by atoms with Crippen molar-refractivity contribution < 1.29 is 14.3 Å². The number of hydrogen-bond donors (Lipinski definition) is 0. The summed E-state index contributed by atoms with van der Waals surface area (Å²) in [6, 6.07) is 5.75. The Kier molecular flexibility index (Phi) is 4.89. The number of ether oxygens (including phenoxy) is 2. The van der Waals surface area contributed by atoms with Crippen LogP contribution in [0.4, 0.5) is 0 Å². The Morgan fingerprint density at radius 1 is 1.21 bits per heavy atom. The molecule has 0 bridgehead atoms. The fourth-order valence-corrected chi connectivity index (χ4v) is 3.86. The molecule has 1 atom stereocenters. The molecule has 0 spiro atoms. The molecule has 0 radical (unpaired) electrons. The van der Waals surface area contributed by atoms with Gasteiger partial charge in [-0.1, -0.05) is 6.07 Å². The molecule has 1 aromatic carbocycles. The summed E-state index contributed by atoms with van der Waals surface area (Å²) >= 11 is 1.72. The molecule has 0 saturated carbocycles. The van der Waals surface area contributed by atoms with Crippen LogP contribution in [0.1, 0.15) is 27.1 Å². The van der Waals surface area contributed by atoms with Crippen LogP contribution in [-0.4, -0.2) is 47.3 Å². The van der Waals surface area contributed by atoms with Gasteiger partial charge in [0.1, 0.15) is 11.1 Å². The normalized spacial score (nSPS) is 17.0. The number of aromatic nitrogens is 2. The van der Waals surface area contributed by atoms with Crippen LogP contribution < -0.4 is 9.47 Å². The third-order valence-electron chi connectivity index (χ3n) is 3.84. The van der Waals surface area contributed by atoms with Crippen molar-refractivity contribution >= 4 is 17.7 Å². The van der Waals surface area contributed by atoms with Crippen LogP contribution in [0.2, 0.25) is 0 Å².